The van der Waals surface area contributed by atoms with Crippen molar-refractivity contribution >= 4 is 35.1 Å². The molecule has 0 spiro atoms. The van der Waals surface area contributed by atoms with Gasteiger partial charge in [0.05, 0.1) is 16.3 Å². The molecule has 1 saturated carbocycles. The molecule has 2 aliphatic rings. The predicted molar refractivity (Wildman–Crippen MR) is 101 cm³/mol. The second-order valence-corrected chi connectivity index (χ2v) is 6.75. The summed E-state index contributed by atoms with van der Waals surface area (Å²) in [6, 6.07) is 0.171. The number of carbonyl (C=O) groups is 1. The van der Waals surface area contributed by atoms with Gasteiger partial charge in [-0.1, -0.05) is 24.4 Å². The Morgan fingerprint density at radius 3 is 2.88 bits per heavy atom. The molecule has 1 fully saturated rings. The molecule has 25 heavy (non-hydrogen) atoms. The minimum atomic E-state index is -0.204. The maximum absolute atomic E-state index is 12.3. The first kappa shape index (κ1) is 17.7. The fourth-order valence-electron chi connectivity index (χ4n) is 3.42. The van der Waals surface area contributed by atoms with E-state index in [-0.39, 0.29) is 18.0 Å². The van der Waals surface area contributed by atoms with Crippen molar-refractivity contribution in [1.29, 1.82) is 0 Å². The topological polar surface area (TPSA) is 118 Å². The summed E-state index contributed by atoms with van der Waals surface area (Å²) in [6.45, 7) is 0.370. The lowest BCUT2D eigenvalue weighted by Gasteiger charge is -2.30. The molecule has 1 aliphatic heterocycles. The van der Waals surface area contributed by atoms with E-state index in [0.717, 1.165) is 31.2 Å². The van der Waals surface area contributed by atoms with Gasteiger partial charge >= 0.3 is 0 Å². The van der Waals surface area contributed by atoms with Crippen molar-refractivity contribution < 1.29 is 4.79 Å². The smallest absolute Gasteiger partial charge is 0.254 e. The zero-order chi connectivity index (χ0) is 18.0. The van der Waals surface area contributed by atoms with Crippen LogP contribution in [0.15, 0.2) is 11.2 Å². The lowest BCUT2D eigenvalue weighted by Crippen LogP contribution is -2.42. The number of carbonyl (C=O) groups excluding carboxylic acids is 1. The summed E-state index contributed by atoms with van der Waals surface area (Å²) < 4.78 is 0. The van der Waals surface area contributed by atoms with Crippen LogP contribution in [0.4, 0.5) is 5.82 Å². The second-order valence-electron chi connectivity index (χ2n) is 6.37. The van der Waals surface area contributed by atoms with Crippen LogP contribution in [0, 0.1) is 0 Å². The van der Waals surface area contributed by atoms with Crippen molar-refractivity contribution in [2.24, 2.45) is 16.5 Å². The van der Waals surface area contributed by atoms with E-state index in [4.69, 9.17) is 23.1 Å². The first-order valence-corrected chi connectivity index (χ1v) is 8.81. The summed E-state index contributed by atoms with van der Waals surface area (Å²) in [7, 11) is 1.64. The molecule has 1 aromatic rings. The first-order chi connectivity index (χ1) is 12.1. The number of nitrogens with zero attached hydrogens (tertiary/aromatic N) is 2. The number of nitrogens with two attached hydrogens (primary N) is 2. The molecule has 1 aromatic heterocycles. The van der Waals surface area contributed by atoms with Crippen molar-refractivity contribution in [3.63, 3.8) is 0 Å². The fourth-order valence-corrected chi connectivity index (χ4v) is 3.68. The van der Waals surface area contributed by atoms with Gasteiger partial charge in [0, 0.05) is 49.2 Å². The molecule has 8 heteroatoms. The number of allylic oxidation sites excluding steroid dienone is 1. The van der Waals surface area contributed by atoms with Crippen molar-refractivity contribution in [3.05, 3.63) is 28.0 Å². The van der Waals surface area contributed by atoms with Gasteiger partial charge in [-0.25, -0.2) is 4.98 Å². The van der Waals surface area contributed by atoms with E-state index in [1.807, 2.05) is 0 Å². The van der Waals surface area contributed by atoms with Crippen molar-refractivity contribution in [1.82, 2.24) is 10.3 Å². The lowest BCUT2D eigenvalue weighted by atomic mass is 9.91. The Bertz CT molecular complexity index is 745. The normalized spacial score (nSPS) is 23.6. The molecule has 2 heterocycles. The average Bonchev–Trinajstić information content (AvgIpc) is 3.00. The van der Waals surface area contributed by atoms with Crippen LogP contribution in [-0.2, 0) is 6.54 Å². The van der Waals surface area contributed by atoms with E-state index >= 15 is 0 Å². The number of hydrogen-bond acceptors (Lipinski definition) is 6. The second kappa shape index (κ2) is 7.41. The molecule has 0 saturated heterocycles. The van der Waals surface area contributed by atoms with E-state index in [0.29, 0.717) is 34.2 Å². The SMILES string of the molecule is CN=CC(=CN)c1nc(N[C@@H]2CCCC[C@@H]2N)c(Cl)c2c1C(=O)NC2. The van der Waals surface area contributed by atoms with Gasteiger partial charge in [-0.15, -0.1) is 0 Å². The average molecular weight is 363 g/mol. The third-order valence-corrected chi connectivity index (χ3v) is 5.16. The Labute approximate surface area is 151 Å². The molecule has 1 aliphatic carbocycles. The minimum Gasteiger partial charge on any atom is -0.404 e. The van der Waals surface area contributed by atoms with Gasteiger partial charge in [0.2, 0.25) is 0 Å². The number of fused-ring (bicyclic) bond motifs is 1. The van der Waals surface area contributed by atoms with Gasteiger partial charge in [-0.2, -0.15) is 0 Å². The van der Waals surface area contributed by atoms with Gasteiger partial charge in [0.15, 0.2) is 0 Å². The Hall–Kier alpha value is -2.12. The molecule has 0 bridgehead atoms. The standard InChI is InChI=1S/C17H23ClN6O/c1-21-7-9(6-19)15-13-10(8-22-17(13)25)14(18)16(24-15)23-12-5-3-2-4-11(12)20/h6-7,11-12H,2-5,8,19-20H2,1H3,(H,22,25)(H,23,24)/t11-,12+/m0/s1. The van der Waals surface area contributed by atoms with Crippen molar-refractivity contribution in [2.75, 3.05) is 12.4 Å². The quantitative estimate of drug-likeness (QED) is 0.607. The van der Waals surface area contributed by atoms with E-state index in [2.05, 4.69) is 20.6 Å². The lowest BCUT2D eigenvalue weighted by molar-refractivity contribution is 0.0965. The number of pyridine rings is 1. The maximum atomic E-state index is 12.3. The highest BCUT2D eigenvalue weighted by Gasteiger charge is 2.31. The number of hydrogen-bond donors (Lipinski definition) is 4. The number of nitrogens with one attached hydrogen (secondary N) is 2. The molecular weight excluding hydrogens is 340 g/mol. The summed E-state index contributed by atoms with van der Waals surface area (Å²) in [5.41, 5.74) is 14.2. The van der Waals surface area contributed by atoms with Crippen LogP contribution in [0.3, 0.4) is 0 Å². The predicted octanol–water partition coefficient (Wildman–Crippen LogP) is 1.66. The molecule has 3 rings (SSSR count). The van der Waals surface area contributed by atoms with Crippen LogP contribution >= 0.6 is 11.6 Å². The molecule has 6 N–H and O–H groups in total. The van der Waals surface area contributed by atoms with Crippen LogP contribution < -0.4 is 22.1 Å². The number of rotatable bonds is 4. The molecule has 134 valence electrons. The van der Waals surface area contributed by atoms with Crippen LogP contribution in [0.2, 0.25) is 5.02 Å². The molecule has 0 aromatic carbocycles. The largest absolute Gasteiger partial charge is 0.404 e. The zero-order valence-corrected chi connectivity index (χ0v) is 14.9. The summed E-state index contributed by atoms with van der Waals surface area (Å²) in [4.78, 5) is 20.9. The Morgan fingerprint density at radius 2 is 2.20 bits per heavy atom. The Kier molecular flexibility index (Phi) is 5.24. The number of amides is 1. The maximum Gasteiger partial charge on any atom is 0.254 e. The van der Waals surface area contributed by atoms with Gasteiger partial charge in [-0.3, -0.25) is 9.79 Å². The van der Waals surface area contributed by atoms with E-state index in [1.165, 1.54) is 6.20 Å². The summed E-state index contributed by atoms with van der Waals surface area (Å²) >= 11 is 6.54. The van der Waals surface area contributed by atoms with Crippen molar-refractivity contribution in [2.45, 2.75) is 44.3 Å². The van der Waals surface area contributed by atoms with Crippen LogP contribution in [0.5, 0.6) is 0 Å². The Balaban J connectivity index is 2.06. The molecule has 0 unspecified atom stereocenters. The molecule has 0 radical (unpaired) electrons. The first-order valence-electron chi connectivity index (χ1n) is 8.44. The molecule has 1 amide bonds. The highest BCUT2D eigenvalue weighted by Crippen LogP contribution is 2.35. The van der Waals surface area contributed by atoms with E-state index in [1.54, 1.807) is 13.3 Å². The van der Waals surface area contributed by atoms with E-state index < -0.39 is 0 Å². The fraction of sp³-hybridized carbons (Fsp3) is 0.471. The monoisotopic (exact) mass is 362 g/mol. The van der Waals surface area contributed by atoms with Gasteiger partial charge < -0.3 is 22.1 Å². The summed E-state index contributed by atoms with van der Waals surface area (Å²) in [5.74, 6) is 0.335. The molecular formula is C17H23ClN6O. The Morgan fingerprint density at radius 1 is 1.44 bits per heavy atom. The number of aromatic nitrogens is 1. The highest BCUT2D eigenvalue weighted by molar-refractivity contribution is 6.35. The van der Waals surface area contributed by atoms with Gasteiger partial charge in [-0.05, 0) is 12.8 Å². The molecule has 2 atom stereocenters. The molecule has 7 nitrogen and oxygen atoms in total. The van der Waals surface area contributed by atoms with Crippen LogP contribution in [0.25, 0.3) is 5.57 Å². The van der Waals surface area contributed by atoms with Crippen LogP contribution in [0.1, 0.15) is 47.3 Å². The summed E-state index contributed by atoms with van der Waals surface area (Å²) in [5, 5.41) is 6.64. The third kappa shape index (κ3) is 3.34. The van der Waals surface area contributed by atoms with Crippen LogP contribution in [-0.4, -0.2) is 36.2 Å². The highest BCUT2D eigenvalue weighted by atomic mass is 35.5. The number of aliphatic imine (C=N–C) groups is 1. The summed E-state index contributed by atoms with van der Waals surface area (Å²) in [6.07, 6.45) is 7.19. The minimum absolute atomic E-state index is 0.0600. The third-order valence-electron chi connectivity index (χ3n) is 4.75. The van der Waals surface area contributed by atoms with Gasteiger partial charge in [0.1, 0.15) is 5.82 Å². The van der Waals surface area contributed by atoms with E-state index in [9.17, 15) is 4.79 Å². The van der Waals surface area contributed by atoms with Gasteiger partial charge in [0.25, 0.3) is 5.91 Å². The van der Waals surface area contributed by atoms with Crippen molar-refractivity contribution in [3.8, 4) is 0 Å². The number of anilines is 1. The zero-order valence-electron chi connectivity index (χ0n) is 14.2. The number of halogens is 1.